The minimum atomic E-state index is -0.120. The topological polar surface area (TPSA) is 29.1 Å². The van der Waals surface area contributed by atoms with Crippen LogP contribution in [-0.2, 0) is 0 Å². The van der Waals surface area contributed by atoms with E-state index in [0.717, 1.165) is 23.3 Å². The number of carbonyl (C=O) groups excluding carboxylic acids is 1. The average Bonchev–Trinajstić information content (AvgIpc) is 2.63. The molecule has 0 radical (unpaired) electrons. The zero-order chi connectivity index (χ0) is 13.3. The molecule has 2 aromatic rings. The van der Waals surface area contributed by atoms with Gasteiger partial charge in [-0.15, -0.1) is 11.3 Å². The lowest BCUT2D eigenvalue weighted by Gasteiger charge is -2.08. The molecule has 1 aromatic carbocycles. The molecule has 1 amide bonds. The summed E-state index contributed by atoms with van der Waals surface area (Å²) in [6.07, 6.45) is 0. The van der Waals surface area contributed by atoms with Crippen molar-refractivity contribution in [3.63, 3.8) is 0 Å². The molecule has 0 aliphatic carbocycles. The maximum atomic E-state index is 12.1. The molecule has 1 aromatic heterocycles. The third-order valence-corrected chi connectivity index (χ3v) is 5.18. The van der Waals surface area contributed by atoms with Crippen molar-refractivity contribution in [3.8, 4) is 0 Å². The molecule has 6 heteroatoms. The molecule has 1 N–H and O–H groups in total. The van der Waals surface area contributed by atoms with Gasteiger partial charge in [0.15, 0.2) is 0 Å². The molecule has 2 nitrogen and oxygen atoms in total. The normalized spacial score (nSPS) is 10.4. The van der Waals surface area contributed by atoms with Gasteiger partial charge in [-0.3, -0.25) is 4.79 Å². The number of hydrogen-bond donors (Lipinski definition) is 1. The van der Waals surface area contributed by atoms with E-state index in [2.05, 4.69) is 53.1 Å². The van der Waals surface area contributed by atoms with Gasteiger partial charge < -0.3 is 5.32 Å². The summed E-state index contributed by atoms with van der Waals surface area (Å²) in [4.78, 5) is 12.1. The molecular weight excluding hydrogens is 446 g/mol. The van der Waals surface area contributed by atoms with Crippen molar-refractivity contribution in [1.29, 1.82) is 0 Å². The van der Waals surface area contributed by atoms with Crippen molar-refractivity contribution < 1.29 is 4.79 Å². The molecule has 0 saturated carbocycles. The number of anilines is 1. The summed E-state index contributed by atoms with van der Waals surface area (Å²) in [5, 5.41) is 2.91. The van der Waals surface area contributed by atoms with Crippen molar-refractivity contribution in [1.82, 2.24) is 0 Å². The lowest BCUT2D eigenvalue weighted by atomic mass is 10.2. The molecular formula is C12H8Br3NOS. The number of halogens is 3. The van der Waals surface area contributed by atoms with Crippen LogP contribution in [0.5, 0.6) is 0 Å². The van der Waals surface area contributed by atoms with Gasteiger partial charge >= 0.3 is 0 Å². The molecule has 0 fully saturated rings. The third kappa shape index (κ3) is 3.23. The minimum Gasteiger partial charge on any atom is -0.322 e. The molecule has 0 unspecified atom stereocenters. The largest absolute Gasteiger partial charge is 0.322 e. The van der Waals surface area contributed by atoms with Gasteiger partial charge in [0.1, 0.15) is 0 Å². The standard InChI is InChI=1S/C12H8Br3NOS/c1-6-2-3-7(13)4-9(6)16-12(17)8-5-10(14)18-11(8)15/h2-5H,1H3,(H,16,17). The second kappa shape index (κ2) is 5.86. The van der Waals surface area contributed by atoms with E-state index in [4.69, 9.17) is 0 Å². The number of hydrogen-bond acceptors (Lipinski definition) is 2. The number of nitrogens with one attached hydrogen (secondary N) is 1. The SMILES string of the molecule is Cc1ccc(Br)cc1NC(=O)c1cc(Br)sc1Br. The molecule has 1 heterocycles. The highest BCUT2D eigenvalue weighted by molar-refractivity contribution is 9.12. The van der Waals surface area contributed by atoms with Crippen LogP contribution in [0.3, 0.4) is 0 Å². The summed E-state index contributed by atoms with van der Waals surface area (Å²) in [6, 6.07) is 7.60. The Hall–Kier alpha value is -0.170. The molecule has 18 heavy (non-hydrogen) atoms. The summed E-state index contributed by atoms with van der Waals surface area (Å²) >= 11 is 11.6. The van der Waals surface area contributed by atoms with E-state index < -0.39 is 0 Å². The number of aryl methyl sites for hydroxylation is 1. The van der Waals surface area contributed by atoms with Crippen molar-refractivity contribution in [2.45, 2.75) is 6.92 Å². The van der Waals surface area contributed by atoms with Crippen LogP contribution >= 0.6 is 59.1 Å². The maximum absolute atomic E-state index is 12.1. The van der Waals surface area contributed by atoms with Crippen LogP contribution in [0.25, 0.3) is 0 Å². The molecule has 2 rings (SSSR count). The summed E-state index contributed by atoms with van der Waals surface area (Å²) in [5.41, 5.74) is 2.46. The van der Waals surface area contributed by atoms with Gasteiger partial charge in [-0.1, -0.05) is 22.0 Å². The molecule has 0 aliphatic heterocycles. The lowest BCUT2D eigenvalue weighted by molar-refractivity contribution is 0.102. The first-order valence-corrected chi connectivity index (χ1v) is 8.19. The van der Waals surface area contributed by atoms with Crippen LogP contribution in [0, 0.1) is 6.92 Å². The quantitative estimate of drug-likeness (QED) is 0.630. The second-order valence-electron chi connectivity index (χ2n) is 3.65. The fraction of sp³-hybridized carbons (Fsp3) is 0.0833. The van der Waals surface area contributed by atoms with Crippen LogP contribution in [0.2, 0.25) is 0 Å². The van der Waals surface area contributed by atoms with Gasteiger partial charge in [0, 0.05) is 10.2 Å². The van der Waals surface area contributed by atoms with Crippen LogP contribution in [0.4, 0.5) is 5.69 Å². The Labute approximate surface area is 134 Å². The first-order valence-electron chi connectivity index (χ1n) is 4.99. The predicted molar refractivity (Wildman–Crippen MR) is 86.6 cm³/mol. The van der Waals surface area contributed by atoms with Crippen LogP contribution in [-0.4, -0.2) is 5.91 Å². The molecule has 0 saturated heterocycles. The van der Waals surface area contributed by atoms with Crippen LogP contribution in [0.1, 0.15) is 15.9 Å². The van der Waals surface area contributed by atoms with Gasteiger partial charge in [-0.2, -0.15) is 0 Å². The van der Waals surface area contributed by atoms with Gasteiger partial charge in [0.2, 0.25) is 0 Å². The van der Waals surface area contributed by atoms with Gasteiger partial charge in [-0.05, 0) is 62.5 Å². The Balaban J connectivity index is 2.26. The predicted octanol–water partition coefficient (Wildman–Crippen LogP) is 5.60. The minimum absolute atomic E-state index is 0.120. The Morgan fingerprint density at radius 1 is 1.22 bits per heavy atom. The van der Waals surface area contributed by atoms with E-state index in [1.165, 1.54) is 11.3 Å². The van der Waals surface area contributed by atoms with Gasteiger partial charge in [-0.25, -0.2) is 0 Å². The average molecular weight is 454 g/mol. The zero-order valence-electron chi connectivity index (χ0n) is 9.26. The first kappa shape index (κ1) is 14.2. The summed E-state index contributed by atoms with van der Waals surface area (Å²) in [7, 11) is 0. The lowest BCUT2D eigenvalue weighted by Crippen LogP contribution is -2.12. The highest BCUT2D eigenvalue weighted by atomic mass is 79.9. The number of thiophene rings is 1. The molecule has 0 spiro atoms. The Kier molecular flexibility index (Phi) is 4.64. The number of carbonyl (C=O) groups is 1. The van der Waals surface area contributed by atoms with E-state index in [1.54, 1.807) is 6.07 Å². The maximum Gasteiger partial charge on any atom is 0.257 e. The molecule has 0 bridgehead atoms. The fourth-order valence-corrected chi connectivity index (χ4v) is 4.57. The van der Waals surface area contributed by atoms with E-state index in [1.807, 2.05) is 25.1 Å². The fourth-order valence-electron chi connectivity index (χ4n) is 1.41. The van der Waals surface area contributed by atoms with Gasteiger partial charge in [0.25, 0.3) is 5.91 Å². The van der Waals surface area contributed by atoms with E-state index in [9.17, 15) is 4.79 Å². The summed E-state index contributed by atoms with van der Waals surface area (Å²) < 4.78 is 2.68. The first-order chi connectivity index (χ1) is 8.47. The Bertz CT molecular complexity index is 609. The molecule has 94 valence electrons. The summed E-state index contributed by atoms with van der Waals surface area (Å²) in [6.45, 7) is 1.96. The number of amides is 1. The summed E-state index contributed by atoms with van der Waals surface area (Å²) in [5.74, 6) is -0.120. The molecule has 0 atom stereocenters. The smallest absolute Gasteiger partial charge is 0.257 e. The van der Waals surface area contributed by atoms with Crippen LogP contribution < -0.4 is 5.32 Å². The number of benzene rings is 1. The van der Waals surface area contributed by atoms with E-state index >= 15 is 0 Å². The Morgan fingerprint density at radius 3 is 2.56 bits per heavy atom. The van der Waals surface area contributed by atoms with Crippen LogP contribution in [0.15, 0.2) is 36.3 Å². The zero-order valence-corrected chi connectivity index (χ0v) is 14.8. The van der Waals surface area contributed by atoms with E-state index in [0.29, 0.717) is 5.56 Å². The van der Waals surface area contributed by atoms with Gasteiger partial charge in [0.05, 0.1) is 13.1 Å². The van der Waals surface area contributed by atoms with Crippen molar-refractivity contribution in [2.75, 3.05) is 5.32 Å². The highest BCUT2D eigenvalue weighted by Crippen LogP contribution is 2.32. The number of rotatable bonds is 2. The van der Waals surface area contributed by atoms with Crippen molar-refractivity contribution >= 4 is 70.7 Å². The van der Waals surface area contributed by atoms with Crippen molar-refractivity contribution in [2.24, 2.45) is 0 Å². The third-order valence-electron chi connectivity index (χ3n) is 2.35. The Morgan fingerprint density at radius 2 is 1.94 bits per heavy atom. The molecule has 0 aliphatic rings. The second-order valence-corrected chi connectivity index (χ2v) is 8.32. The highest BCUT2D eigenvalue weighted by Gasteiger charge is 2.14. The monoisotopic (exact) mass is 451 g/mol. The van der Waals surface area contributed by atoms with E-state index in [-0.39, 0.29) is 5.91 Å². The van der Waals surface area contributed by atoms with Crippen molar-refractivity contribution in [3.05, 3.63) is 47.4 Å².